The average Bonchev–Trinajstić information content (AvgIpc) is 2.51. The molecule has 1 N–H and O–H groups in total. The van der Waals surface area contributed by atoms with E-state index in [0.29, 0.717) is 21.5 Å². The third-order valence-corrected chi connectivity index (χ3v) is 4.84. The molecule has 4 nitrogen and oxygen atoms in total. The van der Waals surface area contributed by atoms with E-state index >= 15 is 0 Å². The fourth-order valence-corrected chi connectivity index (χ4v) is 3.17. The Hall–Kier alpha value is -1.51. The van der Waals surface area contributed by atoms with Crippen molar-refractivity contribution in [2.75, 3.05) is 0 Å². The van der Waals surface area contributed by atoms with Gasteiger partial charge < -0.3 is 4.98 Å². The SMILES string of the molecule is Cc1ccc(C(=O)n2c(=S)[nH]c3ccc(I)cc3c2=O)cc1Cl. The number of rotatable bonds is 1. The van der Waals surface area contributed by atoms with Crippen LogP contribution in [0.3, 0.4) is 0 Å². The Morgan fingerprint density at radius 1 is 1.26 bits per heavy atom. The van der Waals surface area contributed by atoms with Gasteiger partial charge in [0.1, 0.15) is 0 Å². The molecule has 0 aliphatic heterocycles. The van der Waals surface area contributed by atoms with Crippen molar-refractivity contribution < 1.29 is 4.79 Å². The maximum Gasteiger partial charge on any atom is 0.269 e. The fourth-order valence-electron chi connectivity index (χ4n) is 2.23. The van der Waals surface area contributed by atoms with Crippen LogP contribution in [0.15, 0.2) is 41.2 Å². The molecule has 2 aromatic carbocycles. The molecular weight excluding hydrogens is 447 g/mol. The summed E-state index contributed by atoms with van der Waals surface area (Å²) in [6.45, 7) is 1.84. The summed E-state index contributed by atoms with van der Waals surface area (Å²) in [4.78, 5) is 28.3. The summed E-state index contributed by atoms with van der Waals surface area (Å²) in [6, 6.07) is 10.3. The van der Waals surface area contributed by atoms with Crippen LogP contribution in [-0.2, 0) is 0 Å². The first-order chi connectivity index (χ1) is 10.9. The zero-order valence-electron chi connectivity index (χ0n) is 11.9. The summed E-state index contributed by atoms with van der Waals surface area (Å²) in [5, 5.41) is 0.881. The third kappa shape index (κ3) is 2.98. The molecule has 3 aromatic rings. The Kier molecular flexibility index (Phi) is 4.39. The van der Waals surface area contributed by atoms with Crippen LogP contribution in [0.2, 0.25) is 5.02 Å². The summed E-state index contributed by atoms with van der Waals surface area (Å²) >= 11 is 13.4. The van der Waals surface area contributed by atoms with Crippen molar-refractivity contribution in [3.8, 4) is 0 Å². The molecule has 0 atom stereocenters. The van der Waals surface area contributed by atoms with Gasteiger partial charge >= 0.3 is 0 Å². The number of hydrogen-bond donors (Lipinski definition) is 1. The highest BCUT2D eigenvalue weighted by atomic mass is 127. The molecule has 0 saturated carbocycles. The van der Waals surface area contributed by atoms with Gasteiger partial charge in [-0.25, -0.2) is 4.57 Å². The molecule has 0 amide bonds. The van der Waals surface area contributed by atoms with Crippen molar-refractivity contribution >= 4 is 63.2 Å². The van der Waals surface area contributed by atoms with Gasteiger partial charge in [-0.05, 0) is 77.6 Å². The van der Waals surface area contributed by atoms with Gasteiger partial charge in [-0.3, -0.25) is 9.59 Å². The van der Waals surface area contributed by atoms with E-state index in [-0.39, 0.29) is 4.77 Å². The van der Waals surface area contributed by atoms with Gasteiger partial charge in [0, 0.05) is 14.2 Å². The molecule has 0 aliphatic rings. The Bertz CT molecular complexity index is 1070. The second kappa shape index (κ2) is 6.18. The van der Waals surface area contributed by atoms with Crippen molar-refractivity contribution in [1.82, 2.24) is 9.55 Å². The topological polar surface area (TPSA) is 54.9 Å². The number of aryl methyl sites for hydroxylation is 1. The van der Waals surface area contributed by atoms with Crippen LogP contribution in [0.4, 0.5) is 0 Å². The van der Waals surface area contributed by atoms with Crippen LogP contribution < -0.4 is 5.56 Å². The highest BCUT2D eigenvalue weighted by molar-refractivity contribution is 14.1. The first kappa shape index (κ1) is 16.4. The van der Waals surface area contributed by atoms with Crippen LogP contribution in [0, 0.1) is 15.3 Å². The number of hydrogen-bond acceptors (Lipinski definition) is 3. The smallest absolute Gasteiger partial charge is 0.269 e. The lowest BCUT2D eigenvalue weighted by molar-refractivity contribution is 0.0953. The molecule has 0 fully saturated rings. The van der Waals surface area contributed by atoms with Gasteiger partial charge in [-0.15, -0.1) is 0 Å². The Morgan fingerprint density at radius 3 is 2.70 bits per heavy atom. The minimum Gasteiger partial charge on any atom is -0.331 e. The molecule has 3 rings (SSSR count). The molecule has 1 heterocycles. The number of H-pyrrole nitrogens is 1. The van der Waals surface area contributed by atoms with Gasteiger partial charge in [0.2, 0.25) is 0 Å². The zero-order chi connectivity index (χ0) is 16.7. The summed E-state index contributed by atoms with van der Waals surface area (Å²) in [7, 11) is 0. The molecule has 0 saturated heterocycles. The number of aromatic amines is 1. The van der Waals surface area contributed by atoms with Crippen molar-refractivity contribution in [1.29, 1.82) is 0 Å². The average molecular weight is 457 g/mol. The van der Waals surface area contributed by atoms with Crippen molar-refractivity contribution in [3.63, 3.8) is 0 Å². The van der Waals surface area contributed by atoms with Gasteiger partial charge in [-0.1, -0.05) is 17.7 Å². The first-order valence-electron chi connectivity index (χ1n) is 6.64. The number of carbonyl (C=O) groups excluding carboxylic acids is 1. The number of fused-ring (bicyclic) bond motifs is 1. The van der Waals surface area contributed by atoms with E-state index in [1.807, 2.05) is 13.0 Å². The second-order valence-corrected chi connectivity index (χ2v) is 7.07. The van der Waals surface area contributed by atoms with Gasteiger partial charge in [0.05, 0.1) is 10.9 Å². The summed E-state index contributed by atoms with van der Waals surface area (Å²) in [5.74, 6) is -0.501. The quantitative estimate of drug-likeness (QED) is 0.438. The Morgan fingerprint density at radius 2 is 2.00 bits per heavy atom. The molecule has 0 spiro atoms. The maximum absolute atomic E-state index is 12.7. The minimum absolute atomic E-state index is 0.0606. The molecule has 7 heteroatoms. The van der Waals surface area contributed by atoms with Crippen LogP contribution >= 0.6 is 46.4 Å². The molecule has 116 valence electrons. The first-order valence-corrected chi connectivity index (χ1v) is 8.50. The van der Waals surface area contributed by atoms with E-state index in [1.54, 1.807) is 30.3 Å². The van der Waals surface area contributed by atoms with E-state index in [2.05, 4.69) is 27.6 Å². The lowest BCUT2D eigenvalue weighted by Crippen LogP contribution is -2.29. The molecule has 23 heavy (non-hydrogen) atoms. The van der Waals surface area contributed by atoms with Crippen LogP contribution in [0.5, 0.6) is 0 Å². The lowest BCUT2D eigenvalue weighted by Gasteiger charge is -2.08. The zero-order valence-corrected chi connectivity index (χ0v) is 15.6. The third-order valence-electron chi connectivity index (χ3n) is 3.48. The predicted molar refractivity (Wildman–Crippen MR) is 102 cm³/mol. The number of nitrogens with one attached hydrogen (secondary N) is 1. The molecule has 0 bridgehead atoms. The largest absolute Gasteiger partial charge is 0.331 e. The van der Waals surface area contributed by atoms with Crippen LogP contribution in [-0.4, -0.2) is 15.5 Å². The number of carbonyl (C=O) groups is 1. The second-order valence-electron chi connectivity index (χ2n) is 5.03. The van der Waals surface area contributed by atoms with E-state index in [0.717, 1.165) is 13.7 Å². The fraction of sp³-hybridized carbons (Fsp3) is 0.0625. The summed E-state index contributed by atoms with van der Waals surface area (Å²) in [5.41, 5.74) is 1.33. The van der Waals surface area contributed by atoms with Crippen molar-refractivity contribution in [3.05, 3.63) is 71.2 Å². The summed E-state index contributed by atoms with van der Waals surface area (Å²) < 4.78 is 1.93. The molecular formula is C16H10ClIN2O2S. The molecule has 0 aliphatic carbocycles. The highest BCUT2D eigenvalue weighted by Crippen LogP contribution is 2.18. The predicted octanol–water partition coefficient (Wildman–Crippen LogP) is 4.31. The number of benzene rings is 2. The molecule has 0 unspecified atom stereocenters. The number of halogens is 2. The lowest BCUT2D eigenvalue weighted by atomic mass is 10.1. The maximum atomic E-state index is 12.7. The van der Waals surface area contributed by atoms with Crippen molar-refractivity contribution in [2.24, 2.45) is 0 Å². The Balaban J connectivity index is 2.27. The summed E-state index contributed by atoms with van der Waals surface area (Å²) in [6.07, 6.45) is 0. The van der Waals surface area contributed by atoms with Crippen molar-refractivity contribution in [2.45, 2.75) is 6.92 Å². The minimum atomic E-state index is -0.501. The van der Waals surface area contributed by atoms with E-state index in [9.17, 15) is 9.59 Å². The van der Waals surface area contributed by atoms with Crippen LogP contribution in [0.25, 0.3) is 10.9 Å². The molecule has 1 aromatic heterocycles. The number of nitrogens with zero attached hydrogens (tertiary/aromatic N) is 1. The highest BCUT2D eigenvalue weighted by Gasteiger charge is 2.15. The van der Waals surface area contributed by atoms with Gasteiger partial charge in [0.25, 0.3) is 11.5 Å². The number of aromatic nitrogens is 2. The van der Waals surface area contributed by atoms with E-state index in [1.165, 1.54) is 0 Å². The van der Waals surface area contributed by atoms with E-state index in [4.69, 9.17) is 23.8 Å². The Labute approximate surface area is 155 Å². The normalized spacial score (nSPS) is 10.9. The standard InChI is InChI=1S/C16H10ClIN2O2S/c1-8-2-3-9(6-12(8)17)14(21)20-15(22)11-7-10(18)4-5-13(11)19-16(20)23/h2-7H,1H3,(H,19,23). The van der Waals surface area contributed by atoms with Crippen LogP contribution in [0.1, 0.15) is 15.9 Å². The molecule has 0 radical (unpaired) electrons. The van der Waals surface area contributed by atoms with Gasteiger partial charge in [-0.2, -0.15) is 0 Å². The van der Waals surface area contributed by atoms with Gasteiger partial charge in [0.15, 0.2) is 4.77 Å². The monoisotopic (exact) mass is 456 g/mol. The van der Waals surface area contributed by atoms with E-state index < -0.39 is 11.5 Å².